The first kappa shape index (κ1) is 13.7. The van der Waals surface area contributed by atoms with Gasteiger partial charge in [0.25, 0.3) is 10.0 Å². The molecule has 2 rings (SSSR count). The van der Waals surface area contributed by atoms with Gasteiger partial charge < -0.3 is 5.32 Å². The lowest BCUT2D eigenvalue weighted by Gasteiger charge is -2.10. The highest BCUT2D eigenvalue weighted by Crippen LogP contribution is 2.21. The van der Waals surface area contributed by atoms with Crippen LogP contribution in [0.25, 0.3) is 0 Å². The fourth-order valence-corrected chi connectivity index (χ4v) is 3.19. The van der Waals surface area contributed by atoms with Crippen LogP contribution in [0, 0.1) is 0 Å². The molecule has 0 amide bonds. The van der Waals surface area contributed by atoms with Gasteiger partial charge in [-0.1, -0.05) is 18.3 Å². The molecular formula is C10H13N5O2S2. The van der Waals surface area contributed by atoms with Crippen LogP contribution >= 0.6 is 11.3 Å². The standard InChI is InChI=1S/C10H13N5O2S2/c1-2-5-11-8-4-3-6-12-9(8)19(16,17)15-10-14-13-7-18-10/h3-4,6-7,11H,2,5H2,1H3,(H,14,15). The van der Waals surface area contributed by atoms with Crippen molar-refractivity contribution >= 4 is 32.2 Å². The van der Waals surface area contributed by atoms with E-state index in [1.807, 2.05) is 6.92 Å². The van der Waals surface area contributed by atoms with E-state index in [0.29, 0.717) is 12.2 Å². The lowest BCUT2D eigenvalue weighted by atomic mass is 10.4. The van der Waals surface area contributed by atoms with Crippen LogP contribution in [0.1, 0.15) is 13.3 Å². The summed E-state index contributed by atoms with van der Waals surface area (Å²) in [6.07, 6.45) is 2.32. The summed E-state index contributed by atoms with van der Waals surface area (Å²) in [6, 6.07) is 3.36. The first-order valence-electron chi connectivity index (χ1n) is 5.61. The number of nitrogens with zero attached hydrogens (tertiary/aromatic N) is 3. The average Bonchev–Trinajstić information content (AvgIpc) is 2.88. The van der Waals surface area contributed by atoms with Gasteiger partial charge in [-0.3, -0.25) is 4.72 Å². The van der Waals surface area contributed by atoms with Crippen molar-refractivity contribution in [3.05, 3.63) is 23.8 Å². The zero-order chi connectivity index (χ0) is 13.7. The van der Waals surface area contributed by atoms with E-state index in [4.69, 9.17) is 0 Å². The quantitative estimate of drug-likeness (QED) is 0.840. The Labute approximate surface area is 115 Å². The van der Waals surface area contributed by atoms with E-state index in [1.165, 1.54) is 11.7 Å². The highest BCUT2D eigenvalue weighted by molar-refractivity contribution is 7.93. The number of aromatic nitrogens is 3. The molecule has 102 valence electrons. The smallest absolute Gasteiger partial charge is 0.283 e. The summed E-state index contributed by atoms with van der Waals surface area (Å²) < 4.78 is 26.8. The largest absolute Gasteiger partial charge is 0.383 e. The van der Waals surface area contributed by atoms with E-state index in [-0.39, 0.29) is 10.2 Å². The Morgan fingerprint density at radius 3 is 2.95 bits per heavy atom. The van der Waals surface area contributed by atoms with Crippen molar-refractivity contribution in [3.8, 4) is 0 Å². The Hall–Kier alpha value is -1.74. The van der Waals surface area contributed by atoms with Gasteiger partial charge in [0.05, 0.1) is 5.69 Å². The minimum atomic E-state index is -3.76. The van der Waals surface area contributed by atoms with Gasteiger partial charge >= 0.3 is 0 Å². The maximum atomic E-state index is 12.2. The van der Waals surface area contributed by atoms with E-state index >= 15 is 0 Å². The van der Waals surface area contributed by atoms with Gasteiger partial charge in [0, 0.05) is 12.7 Å². The summed E-state index contributed by atoms with van der Waals surface area (Å²) in [7, 11) is -3.76. The van der Waals surface area contributed by atoms with Crippen molar-refractivity contribution in [3.63, 3.8) is 0 Å². The van der Waals surface area contributed by atoms with Gasteiger partial charge in [-0.2, -0.15) is 8.42 Å². The molecule has 0 radical (unpaired) electrons. The second-order valence-electron chi connectivity index (χ2n) is 3.63. The minimum Gasteiger partial charge on any atom is -0.383 e. The third kappa shape index (κ3) is 3.38. The summed E-state index contributed by atoms with van der Waals surface area (Å²) >= 11 is 1.11. The molecule has 0 aliphatic heterocycles. The Morgan fingerprint density at radius 1 is 1.42 bits per heavy atom. The van der Waals surface area contributed by atoms with Crippen LogP contribution < -0.4 is 10.0 Å². The molecule has 0 spiro atoms. The summed E-state index contributed by atoms with van der Waals surface area (Å²) in [6.45, 7) is 2.67. The van der Waals surface area contributed by atoms with Crippen LogP contribution in [-0.4, -0.2) is 30.1 Å². The molecule has 0 aliphatic carbocycles. The molecule has 2 heterocycles. The second kappa shape index (κ2) is 5.93. The summed E-state index contributed by atoms with van der Waals surface area (Å²) in [5.74, 6) is 0. The Morgan fingerprint density at radius 2 is 2.26 bits per heavy atom. The Balaban J connectivity index is 2.29. The maximum Gasteiger partial charge on any atom is 0.283 e. The molecule has 0 aliphatic rings. The third-order valence-electron chi connectivity index (χ3n) is 2.17. The van der Waals surface area contributed by atoms with Crippen LogP contribution in [0.3, 0.4) is 0 Å². The van der Waals surface area contributed by atoms with Crippen LogP contribution in [0.5, 0.6) is 0 Å². The van der Waals surface area contributed by atoms with Crippen molar-refractivity contribution in [2.75, 3.05) is 16.6 Å². The van der Waals surface area contributed by atoms with Crippen molar-refractivity contribution in [2.45, 2.75) is 18.4 Å². The van der Waals surface area contributed by atoms with E-state index < -0.39 is 10.0 Å². The van der Waals surface area contributed by atoms with Crippen molar-refractivity contribution in [2.24, 2.45) is 0 Å². The number of hydrogen-bond acceptors (Lipinski definition) is 7. The van der Waals surface area contributed by atoms with Crippen LogP contribution in [-0.2, 0) is 10.0 Å². The maximum absolute atomic E-state index is 12.2. The molecule has 2 N–H and O–H groups in total. The number of pyridine rings is 1. The summed E-state index contributed by atoms with van der Waals surface area (Å²) in [5.41, 5.74) is 1.92. The summed E-state index contributed by atoms with van der Waals surface area (Å²) in [5, 5.41) is 10.4. The third-order valence-corrected chi connectivity index (χ3v) is 4.21. The lowest BCUT2D eigenvalue weighted by molar-refractivity contribution is 0.598. The normalized spacial score (nSPS) is 11.2. The molecular weight excluding hydrogens is 286 g/mol. The zero-order valence-corrected chi connectivity index (χ0v) is 11.8. The topological polar surface area (TPSA) is 96.9 Å². The number of rotatable bonds is 6. The summed E-state index contributed by atoms with van der Waals surface area (Å²) in [4.78, 5) is 3.93. The Bertz CT molecular complexity index is 627. The van der Waals surface area contributed by atoms with E-state index in [1.54, 1.807) is 12.1 Å². The minimum absolute atomic E-state index is 0.0429. The highest BCUT2D eigenvalue weighted by atomic mass is 32.2. The van der Waals surface area contributed by atoms with E-state index in [0.717, 1.165) is 17.8 Å². The van der Waals surface area contributed by atoms with Crippen LogP contribution in [0.15, 0.2) is 28.9 Å². The molecule has 2 aromatic heterocycles. The molecule has 2 aromatic rings. The fraction of sp³-hybridized carbons (Fsp3) is 0.300. The van der Waals surface area contributed by atoms with Crippen LogP contribution in [0.4, 0.5) is 10.8 Å². The van der Waals surface area contributed by atoms with Crippen molar-refractivity contribution < 1.29 is 8.42 Å². The molecule has 0 aromatic carbocycles. The van der Waals surface area contributed by atoms with Gasteiger partial charge in [-0.25, -0.2) is 4.98 Å². The molecule has 7 nitrogen and oxygen atoms in total. The second-order valence-corrected chi connectivity index (χ2v) is 6.06. The zero-order valence-electron chi connectivity index (χ0n) is 10.2. The van der Waals surface area contributed by atoms with Gasteiger partial charge in [-0.15, -0.1) is 10.2 Å². The average molecular weight is 299 g/mol. The molecule has 0 unspecified atom stereocenters. The van der Waals surface area contributed by atoms with E-state index in [9.17, 15) is 8.42 Å². The fourth-order valence-electron chi connectivity index (χ4n) is 1.38. The predicted octanol–water partition coefficient (Wildman–Crippen LogP) is 1.56. The Kier molecular flexibility index (Phi) is 4.27. The number of sulfonamides is 1. The molecule has 0 bridgehead atoms. The van der Waals surface area contributed by atoms with Crippen LogP contribution in [0.2, 0.25) is 0 Å². The molecule has 19 heavy (non-hydrogen) atoms. The number of nitrogens with one attached hydrogen (secondary N) is 2. The van der Waals surface area contributed by atoms with Crippen molar-refractivity contribution in [1.29, 1.82) is 0 Å². The first-order chi connectivity index (χ1) is 9.13. The first-order valence-corrected chi connectivity index (χ1v) is 7.97. The monoisotopic (exact) mass is 299 g/mol. The molecule has 9 heteroatoms. The SMILES string of the molecule is CCCNc1cccnc1S(=O)(=O)Nc1nncs1. The molecule has 0 saturated carbocycles. The molecule has 0 atom stereocenters. The van der Waals surface area contributed by atoms with Gasteiger partial charge in [0.2, 0.25) is 5.13 Å². The molecule has 0 fully saturated rings. The van der Waals surface area contributed by atoms with Gasteiger partial charge in [0.15, 0.2) is 5.03 Å². The highest BCUT2D eigenvalue weighted by Gasteiger charge is 2.21. The van der Waals surface area contributed by atoms with Gasteiger partial charge in [-0.05, 0) is 18.6 Å². The molecule has 0 saturated heterocycles. The number of hydrogen-bond donors (Lipinski definition) is 2. The van der Waals surface area contributed by atoms with Crippen molar-refractivity contribution in [1.82, 2.24) is 15.2 Å². The van der Waals surface area contributed by atoms with E-state index in [2.05, 4.69) is 25.2 Å². The lowest BCUT2D eigenvalue weighted by Crippen LogP contribution is -2.17. The van der Waals surface area contributed by atoms with Gasteiger partial charge in [0.1, 0.15) is 5.51 Å². The predicted molar refractivity (Wildman–Crippen MR) is 73.7 cm³/mol. The number of anilines is 2.